The van der Waals surface area contributed by atoms with Crippen molar-refractivity contribution in [1.29, 1.82) is 0 Å². The molecule has 3 rings (SSSR count). The summed E-state index contributed by atoms with van der Waals surface area (Å²) in [5.74, 6) is -0.336. The average Bonchev–Trinajstić information content (AvgIpc) is 2.68. The van der Waals surface area contributed by atoms with Crippen LogP contribution in [0, 0.1) is 0 Å². The molecule has 140 valence electrons. The van der Waals surface area contributed by atoms with Crippen LogP contribution in [0.5, 0.6) is 0 Å². The number of hydrogen-bond donors (Lipinski definition) is 2. The van der Waals surface area contributed by atoms with E-state index in [1.807, 2.05) is 23.1 Å². The molecule has 5 nitrogen and oxygen atoms in total. The second-order valence-corrected chi connectivity index (χ2v) is 7.55. The van der Waals surface area contributed by atoms with Gasteiger partial charge in [0.1, 0.15) is 0 Å². The molecule has 0 saturated carbocycles. The van der Waals surface area contributed by atoms with Gasteiger partial charge in [0.15, 0.2) is 5.11 Å². The van der Waals surface area contributed by atoms with Gasteiger partial charge in [0.05, 0.1) is 16.8 Å². The van der Waals surface area contributed by atoms with Gasteiger partial charge in [-0.1, -0.05) is 24.3 Å². The zero-order chi connectivity index (χ0) is 19.2. The van der Waals surface area contributed by atoms with Gasteiger partial charge in [0.25, 0.3) is 11.8 Å². The average molecular weight is 446 g/mol. The highest BCUT2D eigenvalue weighted by molar-refractivity contribution is 9.10. The lowest BCUT2D eigenvalue weighted by Crippen LogP contribution is -2.37. The Morgan fingerprint density at radius 1 is 0.926 bits per heavy atom. The summed E-state index contributed by atoms with van der Waals surface area (Å²) in [6.07, 6.45) is 3.22. The van der Waals surface area contributed by atoms with Crippen molar-refractivity contribution < 1.29 is 9.59 Å². The normalized spacial score (nSPS) is 13.7. The van der Waals surface area contributed by atoms with E-state index in [2.05, 4.69) is 26.6 Å². The molecule has 2 aromatic rings. The monoisotopic (exact) mass is 445 g/mol. The topological polar surface area (TPSA) is 61.4 Å². The van der Waals surface area contributed by atoms with E-state index >= 15 is 0 Å². The van der Waals surface area contributed by atoms with Gasteiger partial charge in [0, 0.05) is 17.6 Å². The molecule has 2 amide bonds. The second kappa shape index (κ2) is 9.10. The number of nitrogens with zero attached hydrogens (tertiary/aromatic N) is 1. The summed E-state index contributed by atoms with van der Waals surface area (Å²) in [7, 11) is 0. The van der Waals surface area contributed by atoms with Crippen molar-refractivity contribution in [1.82, 2.24) is 10.2 Å². The van der Waals surface area contributed by atoms with Gasteiger partial charge in [-0.15, -0.1) is 0 Å². The van der Waals surface area contributed by atoms with Crippen molar-refractivity contribution in [2.75, 3.05) is 18.4 Å². The van der Waals surface area contributed by atoms with Crippen molar-refractivity contribution in [2.24, 2.45) is 0 Å². The first-order valence-corrected chi connectivity index (χ1v) is 10.0. The van der Waals surface area contributed by atoms with Crippen LogP contribution in [0.3, 0.4) is 0 Å². The van der Waals surface area contributed by atoms with Crippen molar-refractivity contribution in [3.05, 3.63) is 64.1 Å². The van der Waals surface area contributed by atoms with Gasteiger partial charge < -0.3 is 10.2 Å². The maximum absolute atomic E-state index is 12.8. The molecule has 2 N–H and O–H groups in total. The van der Waals surface area contributed by atoms with Crippen LogP contribution in [0.2, 0.25) is 0 Å². The van der Waals surface area contributed by atoms with Gasteiger partial charge >= 0.3 is 0 Å². The Morgan fingerprint density at radius 3 is 2.26 bits per heavy atom. The minimum atomic E-state index is -0.320. The van der Waals surface area contributed by atoms with Gasteiger partial charge in [-0.2, -0.15) is 0 Å². The van der Waals surface area contributed by atoms with Crippen LogP contribution >= 0.6 is 28.1 Å². The van der Waals surface area contributed by atoms with E-state index in [1.165, 1.54) is 0 Å². The number of rotatable bonds is 3. The van der Waals surface area contributed by atoms with Gasteiger partial charge in [-0.05, 0) is 71.7 Å². The molecule has 0 aromatic heterocycles. The highest BCUT2D eigenvalue weighted by atomic mass is 79.9. The number of anilines is 1. The third kappa shape index (κ3) is 4.93. The smallest absolute Gasteiger partial charge is 0.258 e. The maximum atomic E-state index is 12.8. The minimum Gasteiger partial charge on any atom is -0.339 e. The van der Waals surface area contributed by atoms with E-state index in [1.54, 1.807) is 30.3 Å². The molecule has 0 aliphatic carbocycles. The molecule has 2 aromatic carbocycles. The van der Waals surface area contributed by atoms with Crippen molar-refractivity contribution in [3.63, 3.8) is 0 Å². The lowest BCUT2D eigenvalue weighted by atomic mass is 10.1. The third-order valence-electron chi connectivity index (χ3n) is 4.39. The largest absolute Gasteiger partial charge is 0.339 e. The Labute approximate surface area is 172 Å². The Bertz CT molecular complexity index is 866. The van der Waals surface area contributed by atoms with E-state index in [4.69, 9.17) is 12.2 Å². The molecule has 1 aliphatic heterocycles. The third-order valence-corrected chi connectivity index (χ3v) is 5.29. The number of amides is 2. The number of nitrogens with one attached hydrogen (secondary N) is 2. The number of thiocarbonyl (C=S) groups is 1. The number of benzene rings is 2. The first kappa shape index (κ1) is 19.5. The highest BCUT2D eigenvalue weighted by Gasteiger charge is 2.21. The molecule has 1 fully saturated rings. The van der Waals surface area contributed by atoms with Gasteiger partial charge in [-0.25, -0.2) is 0 Å². The van der Waals surface area contributed by atoms with Crippen molar-refractivity contribution >= 4 is 50.8 Å². The van der Waals surface area contributed by atoms with Gasteiger partial charge in [-0.3, -0.25) is 14.9 Å². The molecule has 0 bridgehead atoms. The lowest BCUT2D eigenvalue weighted by molar-refractivity contribution is 0.0725. The molecular weight excluding hydrogens is 426 g/mol. The molecule has 0 atom stereocenters. The quantitative estimate of drug-likeness (QED) is 0.694. The van der Waals surface area contributed by atoms with E-state index < -0.39 is 0 Å². The fraction of sp³-hybridized carbons (Fsp3) is 0.250. The molecular formula is C20H20BrN3O2S. The first-order valence-electron chi connectivity index (χ1n) is 8.81. The number of halogens is 1. The molecule has 0 radical (unpaired) electrons. The fourth-order valence-corrected chi connectivity index (χ4v) is 3.68. The van der Waals surface area contributed by atoms with Crippen LogP contribution in [-0.2, 0) is 0 Å². The summed E-state index contributed by atoms with van der Waals surface area (Å²) in [6, 6.07) is 14.3. The summed E-state index contributed by atoms with van der Waals surface area (Å²) >= 11 is 8.63. The fourth-order valence-electron chi connectivity index (χ4n) is 3.02. The molecule has 1 heterocycles. The van der Waals surface area contributed by atoms with Gasteiger partial charge in [0.2, 0.25) is 0 Å². The molecule has 0 unspecified atom stereocenters. The van der Waals surface area contributed by atoms with Crippen LogP contribution in [-0.4, -0.2) is 34.9 Å². The van der Waals surface area contributed by atoms with E-state index in [-0.39, 0.29) is 16.9 Å². The summed E-state index contributed by atoms with van der Waals surface area (Å²) in [5, 5.41) is 5.79. The van der Waals surface area contributed by atoms with Crippen LogP contribution in [0.1, 0.15) is 40.0 Å². The molecule has 0 spiro atoms. The zero-order valence-corrected chi connectivity index (χ0v) is 17.1. The van der Waals surface area contributed by atoms with Crippen molar-refractivity contribution in [3.8, 4) is 0 Å². The Balaban J connectivity index is 1.70. The summed E-state index contributed by atoms with van der Waals surface area (Å²) in [6.45, 7) is 1.55. The number of likely N-dealkylation sites (tertiary alicyclic amines) is 1. The highest BCUT2D eigenvalue weighted by Crippen LogP contribution is 2.20. The Morgan fingerprint density at radius 2 is 1.56 bits per heavy atom. The number of para-hydroxylation sites is 1. The summed E-state index contributed by atoms with van der Waals surface area (Å²) in [5.41, 5.74) is 1.63. The van der Waals surface area contributed by atoms with Crippen LogP contribution in [0.15, 0.2) is 53.0 Å². The van der Waals surface area contributed by atoms with E-state index in [9.17, 15) is 9.59 Å². The second-order valence-electron chi connectivity index (χ2n) is 6.29. The number of carbonyl (C=O) groups is 2. The standard InChI is InChI=1S/C20H20BrN3O2S/c21-16-10-4-2-8-14(16)18(25)23-20(27)22-17-11-5-3-9-15(17)19(26)24-12-6-1-7-13-24/h2-5,8-11H,1,6-7,12-13H2,(H2,22,23,25,27). The molecule has 27 heavy (non-hydrogen) atoms. The zero-order valence-electron chi connectivity index (χ0n) is 14.7. The predicted molar refractivity (Wildman–Crippen MR) is 114 cm³/mol. The maximum Gasteiger partial charge on any atom is 0.258 e. The number of piperidine rings is 1. The Hall–Kier alpha value is -2.25. The summed E-state index contributed by atoms with van der Waals surface area (Å²) < 4.78 is 0.686. The first-order chi connectivity index (χ1) is 13.1. The number of carbonyl (C=O) groups excluding carboxylic acids is 2. The minimum absolute atomic E-state index is 0.0160. The Kier molecular flexibility index (Phi) is 6.58. The number of hydrogen-bond acceptors (Lipinski definition) is 3. The van der Waals surface area contributed by atoms with Crippen LogP contribution < -0.4 is 10.6 Å². The van der Waals surface area contributed by atoms with Crippen LogP contribution in [0.25, 0.3) is 0 Å². The van der Waals surface area contributed by atoms with E-state index in [0.29, 0.717) is 21.3 Å². The lowest BCUT2D eigenvalue weighted by Gasteiger charge is -2.27. The van der Waals surface area contributed by atoms with E-state index in [0.717, 1.165) is 32.4 Å². The predicted octanol–water partition coefficient (Wildman–Crippen LogP) is 4.20. The van der Waals surface area contributed by atoms with Crippen molar-refractivity contribution in [2.45, 2.75) is 19.3 Å². The summed E-state index contributed by atoms with van der Waals surface area (Å²) in [4.78, 5) is 27.1. The molecule has 7 heteroatoms. The molecule has 1 saturated heterocycles. The SMILES string of the molecule is O=C(NC(=S)Nc1ccccc1C(=O)N1CCCCC1)c1ccccc1Br. The molecule has 1 aliphatic rings. The van der Waals surface area contributed by atoms with Crippen LogP contribution in [0.4, 0.5) is 5.69 Å².